The van der Waals surface area contributed by atoms with E-state index in [9.17, 15) is 19.2 Å². The second-order valence-corrected chi connectivity index (χ2v) is 7.83. The zero-order valence-corrected chi connectivity index (χ0v) is 18.9. The predicted octanol–water partition coefficient (Wildman–Crippen LogP) is 2.48. The summed E-state index contributed by atoms with van der Waals surface area (Å²) < 4.78 is 11.2. The highest BCUT2D eigenvalue weighted by atomic mass is 127. The maximum atomic E-state index is 13.0. The number of carbonyl (C=O) groups excluding carboxylic acids is 4. The number of halogens is 2. The highest BCUT2D eigenvalue weighted by molar-refractivity contribution is 14.1. The molecule has 0 spiro atoms. The zero-order valence-electron chi connectivity index (χ0n) is 16.0. The molecule has 0 aromatic heterocycles. The summed E-state index contributed by atoms with van der Waals surface area (Å²) in [5.41, 5.74) is 5.50. The van der Waals surface area contributed by atoms with Crippen LogP contribution >= 0.6 is 34.2 Å². The van der Waals surface area contributed by atoms with Crippen LogP contribution in [-0.4, -0.2) is 37.5 Å². The number of anilines is 1. The maximum absolute atomic E-state index is 13.0. The second kappa shape index (κ2) is 9.35. The summed E-state index contributed by atoms with van der Waals surface area (Å²) in [6.45, 7) is -0.343. The van der Waals surface area contributed by atoms with Gasteiger partial charge in [0.05, 0.1) is 16.4 Å². The van der Waals surface area contributed by atoms with Gasteiger partial charge in [-0.2, -0.15) is 0 Å². The molecule has 11 heteroatoms. The summed E-state index contributed by atoms with van der Waals surface area (Å²) in [4.78, 5) is 49.4. The van der Waals surface area contributed by atoms with E-state index >= 15 is 0 Å². The van der Waals surface area contributed by atoms with E-state index in [-0.39, 0.29) is 23.6 Å². The van der Waals surface area contributed by atoms with Crippen molar-refractivity contribution in [3.05, 3.63) is 56.1 Å². The number of rotatable bonds is 6. The van der Waals surface area contributed by atoms with Crippen molar-refractivity contribution in [1.82, 2.24) is 5.32 Å². The lowest BCUT2D eigenvalue weighted by atomic mass is 10.1. The summed E-state index contributed by atoms with van der Waals surface area (Å²) in [6, 6.07) is 8.39. The lowest BCUT2D eigenvalue weighted by Gasteiger charge is -2.26. The molecule has 1 aliphatic heterocycles. The van der Waals surface area contributed by atoms with E-state index in [0.717, 1.165) is 4.90 Å². The SMILES string of the molecule is COc1cc(/C=C2\C(=O)NC(=O)N(c3cccc(Cl)c3)C2=O)cc(I)c1OCC(N)=O. The van der Waals surface area contributed by atoms with E-state index in [4.69, 9.17) is 26.8 Å². The number of methoxy groups -OCH3 is 1. The van der Waals surface area contributed by atoms with Gasteiger partial charge < -0.3 is 15.2 Å². The van der Waals surface area contributed by atoms with E-state index in [1.54, 1.807) is 18.2 Å². The normalized spacial score (nSPS) is 15.1. The molecule has 0 saturated carbocycles. The lowest BCUT2D eigenvalue weighted by Crippen LogP contribution is -2.54. The van der Waals surface area contributed by atoms with E-state index in [2.05, 4.69) is 5.32 Å². The molecular formula is C20H15ClIN3O6. The minimum absolute atomic E-state index is 0.218. The van der Waals surface area contributed by atoms with Gasteiger partial charge in [-0.1, -0.05) is 17.7 Å². The van der Waals surface area contributed by atoms with Crippen LogP contribution in [0.25, 0.3) is 6.08 Å². The first-order valence-corrected chi connectivity index (χ1v) is 10.1. The monoisotopic (exact) mass is 555 g/mol. The molecule has 3 rings (SSSR count). The van der Waals surface area contributed by atoms with Gasteiger partial charge in [0, 0.05) is 5.02 Å². The van der Waals surface area contributed by atoms with Crippen LogP contribution < -0.4 is 25.4 Å². The van der Waals surface area contributed by atoms with Crippen molar-refractivity contribution in [2.75, 3.05) is 18.6 Å². The smallest absolute Gasteiger partial charge is 0.335 e. The van der Waals surface area contributed by atoms with Gasteiger partial charge in [0.15, 0.2) is 18.1 Å². The molecular weight excluding hydrogens is 541 g/mol. The summed E-state index contributed by atoms with van der Waals surface area (Å²) in [6.07, 6.45) is 1.32. The lowest BCUT2D eigenvalue weighted by molar-refractivity contribution is -0.123. The van der Waals surface area contributed by atoms with Crippen molar-refractivity contribution in [2.45, 2.75) is 0 Å². The maximum Gasteiger partial charge on any atom is 0.335 e. The number of hydrogen-bond donors (Lipinski definition) is 2. The van der Waals surface area contributed by atoms with Crippen molar-refractivity contribution >= 4 is 69.7 Å². The van der Waals surface area contributed by atoms with Crippen molar-refractivity contribution in [3.8, 4) is 11.5 Å². The van der Waals surface area contributed by atoms with Gasteiger partial charge in [-0.3, -0.25) is 19.7 Å². The Kier molecular flexibility index (Phi) is 6.81. The number of amides is 5. The first-order chi connectivity index (χ1) is 14.7. The van der Waals surface area contributed by atoms with E-state index in [1.165, 1.54) is 31.4 Å². The zero-order chi connectivity index (χ0) is 22.7. The molecule has 0 unspecified atom stereocenters. The Balaban J connectivity index is 2.00. The van der Waals surface area contributed by atoms with Crippen LogP contribution in [0.4, 0.5) is 10.5 Å². The number of nitrogens with one attached hydrogen (secondary N) is 1. The molecule has 160 valence electrons. The third kappa shape index (κ3) is 4.97. The Hall–Kier alpha value is -3.12. The van der Waals surface area contributed by atoms with Gasteiger partial charge in [-0.05, 0) is 64.6 Å². The fraction of sp³-hybridized carbons (Fsp3) is 0.100. The number of nitrogens with zero attached hydrogens (tertiary/aromatic N) is 1. The fourth-order valence-electron chi connectivity index (χ4n) is 2.78. The first-order valence-electron chi connectivity index (χ1n) is 8.67. The van der Waals surface area contributed by atoms with Gasteiger partial charge in [-0.15, -0.1) is 0 Å². The summed E-state index contributed by atoms with van der Waals surface area (Å²) in [7, 11) is 1.40. The molecule has 1 heterocycles. The standard InChI is InChI=1S/C20H15ClIN3O6/c1-30-15-7-10(6-14(22)17(15)31-9-16(23)26)5-13-18(27)24-20(29)25(19(13)28)12-4-2-3-11(21)8-12/h2-8H,9H2,1H3,(H2,23,26)(H,24,27,29)/b13-5+. The van der Waals surface area contributed by atoms with Crippen LogP contribution in [-0.2, 0) is 14.4 Å². The number of ether oxygens (including phenoxy) is 2. The highest BCUT2D eigenvalue weighted by Gasteiger charge is 2.37. The number of hydrogen-bond acceptors (Lipinski definition) is 6. The van der Waals surface area contributed by atoms with E-state index in [1.807, 2.05) is 22.6 Å². The topological polar surface area (TPSA) is 128 Å². The van der Waals surface area contributed by atoms with Crippen LogP contribution in [0.5, 0.6) is 11.5 Å². The summed E-state index contributed by atoms with van der Waals surface area (Å²) in [5.74, 6) is -1.74. The average Bonchev–Trinajstić information content (AvgIpc) is 2.69. The Morgan fingerprint density at radius 1 is 1.26 bits per heavy atom. The van der Waals surface area contributed by atoms with Crippen LogP contribution in [0, 0.1) is 3.57 Å². The highest BCUT2D eigenvalue weighted by Crippen LogP contribution is 2.35. The van der Waals surface area contributed by atoms with Gasteiger partial charge >= 0.3 is 6.03 Å². The summed E-state index contributed by atoms with van der Waals surface area (Å²) in [5, 5.41) is 2.47. The third-order valence-corrected chi connectivity index (χ3v) is 5.13. The predicted molar refractivity (Wildman–Crippen MR) is 121 cm³/mol. The molecule has 9 nitrogen and oxygen atoms in total. The Bertz CT molecular complexity index is 1130. The molecule has 1 saturated heterocycles. The molecule has 0 radical (unpaired) electrons. The number of primary amides is 1. The number of urea groups is 1. The molecule has 1 fully saturated rings. The summed E-state index contributed by atoms with van der Waals surface area (Å²) >= 11 is 7.91. The van der Waals surface area contributed by atoms with Crippen LogP contribution in [0.2, 0.25) is 5.02 Å². The number of nitrogens with two attached hydrogens (primary N) is 1. The van der Waals surface area contributed by atoms with Crippen molar-refractivity contribution < 1.29 is 28.7 Å². The Morgan fingerprint density at radius 2 is 2.00 bits per heavy atom. The number of benzene rings is 2. The van der Waals surface area contributed by atoms with Crippen molar-refractivity contribution in [2.24, 2.45) is 5.73 Å². The van der Waals surface area contributed by atoms with Crippen molar-refractivity contribution in [3.63, 3.8) is 0 Å². The van der Waals surface area contributed by atoms with Crippen LogP contribution in [0.1, 0.15) is 5.56 Å². The molecule has 0 atom stereocenters. The second-order valence-electron chi connectivity index (χ2n) is 6.23. The Labute approximate surface area is 195 Å². The number of carbonyl (C=O) groups is 4. The first kappa shape index (κ1) is 22.6. The molecule has 31 heavy (non-hydrogen) atoms. The molecule has 3 N–H and O–H groups in total. The molecule has 5 amide bonds. The van der Waals surface area contributed by atoms with Gasteiger partial charge in [0.1, 0.15) is 5.57 Å². The van der Waals surface area contributed by atoms with Crippen LogP contribution in [0.15, 0.2) is 42.0 Å². The van der Waals surface area contributed by atoms with Crippen molar-refractivity contribution in [1.29, 1.82) is 0 Å². The fourth-order valence-corrected chi connectivity index (χ4v) is 3.75. The van der Waals surface area contributed by atoms with E-state index < -0.39 is 23.8 Å². The average molecular weight is 556 g/mol. The molecule has 0 aliphatic carbocycles. The van der Waals surface area contributed by atoms with Crippen LogP contribution in [0.3, 0.4) is 0 Å². The number of imide groups is 2. The van der Waals surface area contributed by atoms with Gasteiger partial charge in [-0.25, -0.2) is 9.69 Å². The van der Waals surface area contributed by atoms with Gasteiger partial charge in [0.2, 0.25) is 0 Å². The minimum Gasteiger partial charge on any atom is -0.493 e. The quantitative estimate of drug-likeness (QED) is 0.320. The third-order valence-electron chi connectivity index (χ3n) is 4.09. The minimum atomic E-state index is -0.878. The Morgan fingerprint density at radius 3 is 2.65 bits per heavy atom. The molecule has 2 aromatic rings. The molecule has 2 aromatic carbocycles. The molecule has 1 aliphatic rings. The number of barbiturate groups is 1. The van der Waals surface area contributed by atoms with E-state index in [0.29, 0.717) is 19.9 Å². The molecule has 0 bridgehead atoms. The van der Waals surface area contributed by atoms with Gasteiger partial charge in [0.25, 0.3) is 17.7 Å². The largest absolute Gasteiger partial charge is 0.493 e.